The van der Waals surface area contributed by atoms with Gasteiger partial charge in [-0.05, 0) is 11.6 Å². The van der Waals surface area contributed by atoms with Gasteiger partial charge in [-0.15, -0.1) is 0 Å². The molecule has 0 unspecified atom stereocenters. The molecule has 0 fully saturated rings. The van der Waals surface area contributed by atoms with Crippen LogP contribution in [-0.2, 0) is 12.8 Å². The van der Waals surface area contributed by atoms with Crippen molar-refractivity contribution >= 4 is 0 Å². The predicted octanol–water partition coefficient (Wildman–Crippen LogP) is 2.37. The first-order valence-electron chi connectivity index (χ1n) is 7.29. The van der Waals surface area contributed by atoms with Crippen LogP contribution in [0.3, 0.4) is 0 Å². The second kappa shape index (κ2) is 6.24. The van der Waals surface area contributed by atoms with Crippen molar-refractivity contribution in [1.82, 2.24) is 0 Å². The number of rotatable bonds is 2. The minimum atomic E-state index is -4.71. The third kappa shape index (κ3) is 2.80. The van der Waals surface area contributed by atoms with Crippen molar-refractivity contribution in [3.63, 3.8) is 0 Å². The highest BCUT2D eigenvalue weighted by Crippen LogP contribution is 2.45. The van der Waals surface area contributed by atoms with Crippen molar-refractivity contribution in [1.29, 1.82) is 5.26 Å². The smallest absolute Gasteiger partial charge is 0.416 e. The number of nitriles is 1. The molecule has 1 aliphatic heterocycles. The quantitative estimate of drug-likeness (QED) is 0.847. The summed E-state index contributed by atoms with van der Waals surface area (Å²) in [5, 5.41) is 18.6. The topological polar surface area (TPSA) is 109 Å². The maximum absolute atomic E-state index is 13.4. The van der Waals surface area contributed by atoms with Crippen molar-refractivity contribution in [3.8, 4) is 11.8 Å². The van der Waals surface area contributed by atoms with Gasteiger partial charge in [-0.3, -0.25) is 4.79 Å². The molecule has 1 aliphatic rings. The van der Waals surface area contributed by atoms with Gasteiger partial charge in [-0.25, -0.2) is 0 Å². The van der Waals surface area contributed by atoms with Crippen molar-refractivity contribution in [3.05, 3.63) is 74.7 Å². The number of nitrogens with zero attached hydrogens (tertiary/aromatic N) is 1. The van der Waals surface area contributed by atoms with E-state index >= 15 is 0 Å². The van der Waals surface area contributed by atoms with Gasteiger partial charge in [0.1, 0.15) is 24.0 Å². The summed E-state index contributed by atoms with van der Waals surface area (Å²) >= 11 is 0. The lowest BCUT2D eigenvalue weighted by molar-refractivity contribution is -0.138. The van der Waals surface area contributed by atoms with E-state index in [0.29, 0.717) is 0 Å². The van der Waals surface area contributed by atoms with Crippen LogP contribution in [0, 0.1) is 11.3 Å². The molecule has 0 spiro atoms. The number of nitrogens with two attached hydrogens (primary N) is 1. The number of alkyl halides is 3. The van der Waals surface area contributed by atoms with Crippen LogP contribution < -0.4 is 15.9 Å². The molecule has 1 aromatic carbocycles. The number of aliphatic hydroxyl groups is 1. The van der Waals surface area contributed by atoms with Crippen LogP contribution in [0.25, 0.3) is 0 Å². The van der Waals surface area contributed by atoms with Gasteiger partial charge in [0.05, 0.1) is 11.5 Å². The first-order valence-corrected chi connectivity index (χ1v) is 7.29. The van der Waals surface area contributed by atoms with Crippen LogP contribution in [0.2, 0.25) is 0 Å². The molecule has 1 aromatic heterocycles. The van der Waals surface area contributed by atoms with Crippen LogP contribution >= 0.6 is 0 Å². The Labute approximate surface area is 144 Å². The van der Waals surface area contributed by atoms with E-state index in [1.807, 2.05) is 0 Å². The lowest BCUT2D eigenvalue weighted by atomic mass is 9.84. The Balaban J connectivity index is 2.36. The zero-order valence-electron chi connectivity index (χ0n) is 13.0. The van der Waals surface area contributed by atoms with Crippen molar-refractivity contribution in [2.75, 3.05) is 0 Å². The van der Waals surface area contributed by atoms with E-state index in [9.17, 15) is 28.3 Å². The fraction of sp³-hybridized carbons (Fsp3) is 0.176. The SMILES string of the molecule is N#CC1=C(N)Oc2c(oc(CO)cc2=O)[C@H]1c1ccccc1C(F)(F)F. The van der Waals surface area contributed by atoms with Gasteiger partial charge in [0.25, 0.3) is 0 Å². The number of benzene rings is 1. The van der Waals surface area contributed by atoms with Gasteiger partial charge in [0, 0.05) is 6.07 Å². The molecule has 26 heavy (non-hydrogen) atoms. The molecule has 134 valence electrons. The molecule has 0 radical (unpaired) electrons. The van der Waals surface area contributed by atoms with Crippen LogP contribution in [0.4, 0.5) is 13.2 Å². The molecule has 0 saturated carbocycles. The van der Waals surface area contributed by atoms with Crippen LogP contribution in [0.1, 0.15) is 28.6 Å². The van der Waals surface area contributed by atoms with Crippen molar-refractivity contribution in [2.24, 2.45) is 5.73 Å². The van der Waals surface area contributed by atoms with Gasteiger partial charge in [-0.2, -0.15) is 18.4 Å². The Morgan fingerprint density at radius 1 is 1.31 bits per heavy atom. The van der Waals surface area contributed by atoms with Crippen LogP contribution in [0.15, 0.2) is 51.0 Å². The normalized spacial score (nSPS) is 16.7. The van der Waals surface area contributed by atoms with Crippen molar-refractivity contribution < 1.29 is 27.4 Å². The molecular weight excluding hydrogens is 353 g/mol. The summed E-state index contributed by atoms with van der Waals surface area (Å²) in [6.07, 6.45) is -4.71. The summed E-state index contributed by atoms with van der Waals surface area (Å²) in [5.74, 6) is -2.79. The number of fused-ring (bicyclic) bond motifs is 1. The second-order valence-corrected chi connectivity index (χ2v) is 5.44. The molecule has 1 atom stereocenters. The Morgan fingerprint density at radius 2 is 2.00 bits per heavy atom. The highest BCUT2D eigenvalue weighted by Gasteiger charge is 2.41. The summed E-state index contributed by atoms with van der Waals surface area (Å²) in [5.41, 5.74) is 3.27. The number of aliphatic hydroxyl groups excluding tert-OH is 1. The van der Waals surface area contributed by atoms with E-state index in [1.165, 1.54) is 18.2 Å². The Hall–Kier alpha value is -3.25. The van der Waals surface area contributed by atoms with E-state index in [4.69, 9.17) is 14.9 Å². The first-order chi connectivity index (χ1) is 12.3. The fourth-order valence-corrected chi connectivity index (χ4v) is 2.78. The molecular formula is C17H11F3N2O4. The molecule has 0 bridgehead atoms. The Bertz CT molecular complexity index is 1000. The Kier molecular flexibility index (Phi) is 4.21. The average Bonchev–Trinajstić information content (AvgIpc) is 2.60. The van der Waals surface area contributed by atoms with Gasteiger partial charge in [-0.1, -0.05) is 18.2 Å². The summed E-state index contributed by atoms with van der Waals surface area (Å²) in [7, 11) is 0. The number of ether oxygens (including phenoxy) is 1. The molecule has 2 heterocycles. The molecule has 0 amide bonds. The lowest BCUT2D eigenvalue weighted by Crippen LogP contribution is -2.26. The van der Waals surface area contributed by atoms with Crippen LogP contribution in [0.5, 0.6) is 5.75 Å². The molecule has 3 rings (SSSR count). The zero-order valence-corrected chi connectivity index (χ0v) is 13.0. The van der Waals surface area contributed by atoms with E-state index in [2.05, 4.69) is 0 Å². The molecule has 0 saturated heterocycles. The van der Waals surface area contributed by atoms with E-state index < -0.39 is 41.3 Å². The number of hydrogen-bond donors (Lipinski definition) is 2. The van der Waals surface area contributed by atoms with Crippen LogP contribution in [-0.4, -0.2) is 5.11 Å². The first kappa shape index (κ1) is 17.6. The zero-order chi connectivity index (χ0) is 19.1. The summed E-state index contributed by atoms with van der Waals surface area (Å²) < 4.78 is 50.8. The van der Waals surface area contributed by atoms with E-state index in [1.54, 1.807) is 6.07 Å². The monoisotopic (exact) mass is 364 g/mol. The van der Waals surface area contributed by atoms with Gasteiger partial charge in [0.2, 0.25) is 17.1 Å². The van der Waals surface area contributed by atoms with Gasteiger partial charge >= 0.3 is 6.18 Å². The fourth-order valence-electron chi connectivity index (χ4n) is 2.78. The van der Waals surface area contributed by atoms with E-state index in [-0.39, 0.29) is 22.7 Å². The molecule has 3 N–H and O–H groups in total. The predicted molar refractivity (Wildman–Crippen MR) is 81.6 cm³/mol. The highest BCUT2D eigenvalue weighted by atomic mass is 19.4. The van der Waals surface area contributed by atoms with Gasteiger partial charge in [0.15, 0.2) is 5.76 Å². The summed E-state index contributed by atoms with van der Waals surface area (Å²) in [6.45, 7) is -0.656. The summed E-state index contributed by atoms with van der Waals surface area (Å²) in [4.78, 5) is 12.2. The molecule has 2 aromatic rings. The minimum Gasteiger partial charge on any atom is -0.458 e. The standard InChI is InChI=1S/C17H11F3N2O4/c18-17(19,20)11-4-2-1-3-9(11)13-10(6-21)16(22)26-14-12(24)5-8(7-23)25-15(13)14/h1-5,13,23H,7,22H2/t13-/m0/s1. The Morgan fingerprint density at radius 3 is 2.62 bits per heavy atom. The largest absolute Gasteiger partial charge is 0.458 e. The third-order valence-electron chi connectivity index (χ3n) is 3.86. The maximum atomic E-state index is 13.4. The molecule has 9 heteroatoms. The number of hydrogen-bond acceptors (Lipinski definition) is 6. The van der Waals surface area contributed by atoms with Crippen molar-refractivity contribution in [2.45, 2.75) is 18.7 Å². The minimum absolute atomic E-state index is 0.176. The summed E-state index contributed by atoms with van der Waals surface area (Å²) in [6, 6.07) is 7.23. The van der Waals surface area contributed by atoms with E-state index in [0.717, 1.165) is 12.1 Å². The maximum Gasteiger partial charge on any atom is 0.416 e. The molecule has 6 nitrogen and oxygen atoms in total. The number of halogens is 3. The average molecular weight is 364 g/mol. The molecule has 0 aliphatic carbocycles. The number of allylic oxidation sites excluding steroid dienone is 1. The second-order valence-electron chi connectivity index (χ2n) is 5.44. The van der Waals surface area contributed by atoms with Gasteiger partial charge < -0.3 is 20.0 Å². The third-order valence-corrected chi connectivity index (χ3v) is 3.86. The lowest BCUT2D eigenvalue weighted by Gasteiger charge is -2.26. The highest BCUT2D eigenvalue weighted by molar-refractivity contribution is 5.54.